The third-order valence-electron chi connectivity index (χ3n) is 3.51. The summed E-state index contributed by atoms with van der Waals surface area (Å²) < 4.78 is 0. The molecule has 6 heteroatoms. The first-order valence-corrected chi connectivity index (χ1v) is 6.92. The standard InChI is InChI=1S/C14H19N3O3/c18-14(12-6-3-4-9-15-12)16-10-8-11-5-1-2-7-13(11)17(19)20/h1-2,5,7,12,15H,3-4,6,8-10H2,(H,16,18). The molecule has 0 saturated carbocycles. The van der Waals surface area contributed by atoms with Crippen LogP contribution in [-0.4, -0.2) is 30.0 Å². The van der Waals surface area contributed by atoms with E-state index in [1.54, 1.807) is 18.2 Å². The number of nitro groups is 1. The van der Waals surface area contributed by atoms with Crippen molar-refractivity contribution in [1.29, 1.82) is 0 Å². The summed E-state index contributed by atoms with van der Waals surface area (Å²) >= 11 is 0. The molecule has 0 aliphatic carbocycles. The van der Waals surface area contributed by atoms with Gasteiger partial charge in [-0.15, -0.1) is 0 Å². The van der Waals surface area contributed by atoms with Crippen molar-refractivity contribution >= 4 is 11.6 Å². The van der Waals surface area contributed by atoms with Crippen molar-refractivity contribution in [2.75, 3.05) is 13.1 Å². The summed E-state index contributed by atoms with van der Waals surface area (Å²) in [5.41, 5.74) is 0.756. The van der Waals surface area contributed by atoms with Gasteiger partial charge in [0.25, 0.3) is 5.69 Å². The molecule has 0 radical (unpaired) electrons. The number of piperidine rings is 1. The molecule has 108 valence electrons. The van der Waals surface area contributed by atoms with Crippen LogP contribution < -0.4 is 10.6 Å². The Morgan fingerprint density at radius 3 is 2.90 bits per heavy atom. The Morgan fingerprint density at radius 2 is 2.20 bits per heavy atom. The van der Waals surface area contributed by atoms with Gasteiger partial charge in [-0.25, -0.2) is 0 Å². The molecule has 1 amide bonds. The first-order valence-electron chi connectivity index (χ1n) is 6.92. The van der Waals surface area contributed by atoms with Crippen LogP contribution in [0.1, 0.15) is 24.8 Å². The van der Waals surface area contributed by atoms with E-state index in [4.69, 9.17) is 0 Å². The lowest BCUT2D eigenvalue weighted by molar-refractivity contribution is -0.385. The number of carbonyl (C=O) groups is 1. The van der Waals surface area contributed by atoms with E-state index >= 15 is 0 Å². The lowest BCUT2D eigenvalue weighted by Crippen LogP contribution is -2.47. The highest BCUT2D eigenvalue weighted by atomic mass is 16.6. The Hall–Kier alpha value is -1.95. The molecule has 0 aromatic heterocycles. The van der Waals surface area contributed by atoms with Crippen molar-refractivity contribution in [1.82, 2.24) is 10.6 Å². The van der Waals surface area contributed by atoms with Crippen LogP contribution in [0.3, 0.4) is 0 Å². The van der Waals surface area contributed by atoms with Crippen molar-refractivity contribution in [2.24, 2.45) is 0 Å². The molecule has 1 heterocycles. The number of para-hydroxylation sites is 1. The van der Waals surface area contributed by atoms with E-state index in [0.717, 1.165) is 25.8 Å². The molecule has 1 aromatic carbocycles. The van der Waals surface area contributed by atoms with Gasteiger partial charge in [0.15, 0.2) is 0 Å². The Kier molecular flexibility index (Phi) is 5.06. The van der Waals surface area contributed by atoms with Crippen LogP contribution >= 0.6 is 0 Å². The zero-order chi connectivity index (χ0) is 14.4. The molecular weight excluding hydrogens is 258 g/mol. The molecule has 0 bridgehead atoms. The molecule has 1 fully saturated rings. The van der Waals surface area contributed by atoms with Gasteiger partial charge in [-0.3, -0.25) is 14.9 Å². The highest BCUT2D eigenvalue weighted by molar-refractivity contribution is 5.81. The van der Waals surface area contributed by atoms with Gasteiger partial charge in [0.05, 0.1) is 11.0 Å². The summed E-state index contributed by atoms with van der Waals surface area (Å²) in [6.07, 6.45) is 3.50. The van der Waals surface area contributed by atoms with Crippen LogP contribution in [-0.2, 0) is 11.2 Å². The van der Waals surface area contributed by atoms with E-state index in [2.05, 4.69) is 10.6 Å². The second-order valence-electron chi connectivity index (χ2n) is 4.93. The monoisotopic (exact) mass is 277 g/mol. The molecule has 0 spiro atoms. The minimum atomic E-state index is -0.389. The number of amides is 1. The van der Waals surface area contributed by atoms with Gasteiger partial charge in [-0.1, -0.05) is 24.6 Å². The normalized spacial score (nSPS) is 18.5. The Balaban J connectivity index is 1.83. The van der Waals surface area contributed by atoms with Crippen LogP contribution in [0.25, 0.3) is 0 Å². The maximum absolute atomic E-state index is 11.9. The van der Waals surface area contributed by atoms with E-state index in [0.29, 0.717) is 18.5 Å². The maximum atomic E-state index is 11.9. The number of hydrogen-bond donors (Lipinski definition) is 2. The second-order valence-corrected chi connectivity index (χ2v) is 4.93. The molecule has 1 unspecified atom stereocenters. The van der Waals surface area contributed by atoms with Gasteiger partial charge >= 0.3 is 0 Å². The molecule has 1 atom stereocenters. The van der Waals surface area contributed by atoms with Crippen LogP contribution in [0.15, 0.2) is 24.3 Å². The molecule has 6 nitrogen and oxygen atoms in total. The zero-order valence-electron chi connectivity index (χ0n) is 11.3. The zero-order valence-corrected chi connectivity index (χ0v) is 11.3. The fourth-order valence-corrected chi connectivity index (χ4v) is 2.42. The van der Waals surface area contributed by atoms with Gasteiger partial charge in [-0.05, 0) is 25.8 Å². The van der Waals surface area contributed by atoms with Gasteiger partial charge in [0, 0.05) is 18.2 Å². The topological polar surface area (TPSA) is 84.3 Å². The van der Waals surface area contributed by atoms with E-state index in [1.807, 2.05) is 0 Å². The quantitative estimate of drug-likeness (QED) is 0.629. The van der Waals surface area contributed by atoms with Gasteiger partial charge in [0.2, 0.25) is 5.91 Å². The number of nitrogens with zero attached hydrogens (tertiary/aromatic N) is 1. The molecular formula is C14H19N3O3. The van der Waals surface area contributed by atoms with Crippen LogP contribution in [0.2, 0.25) is 0 Å². The smallest absolute Gasteiger partial charge is 0.272 e. The van der Waals surface area contributed by atoms with Crippen LogP contribution in [0, 0.1) is 10.1 Å². The Bertz CT molecular complexity index is 484. The predicted molar refractivity (Wildman–Crippen MR) is 75.5 cm³/mol. The number of carbonyl (C=O) groups excluding carboxylic acids is 1. The number of rotatable bonds is 5. The fraction of sp³-hybridized carbons (Fsp3) is 0.500. The van der Waals surface area contributed by atoms with Crippen molar-refractivity contribution in [3.8, 4) is 0 Å². The van der Waals surface area contributed by atoms with E-state index in [9.17, 15) is 14.9 Å². The second kappa shape index (κ2) is 7.00. The third kappa shape index (κ3) is 3.77. The van der Waals surface area contributed by atoms with Crippen LogP contribution in [0.5, 0.6) is 0 Å². The molecule has 2 rings (SSSR count). The summed E-state index contributed by atoms with van der Waals surface area (Å²) in [6, 6.07) is 6.51. The van der Waals surface area contributed by atoms with Gasteiger partial charge in [0.1, 0.15) is 0 Å². The summed E-state index contributed by atoms with van der Waals surface area (Å²) in [5.74, 6) is -0.0108. The highest BCUT2D eigenvalue weighted by Gasteiger charge is 2.20. The van der Waals surface area contributed by atoms with Crippen molar-refractivity contribution in [3.63, 3.8) is 0 Å². The maximum Gasteiger partial charge on any atom is 0.272 e. The molecule has 1 aliphatic rings. The number of benzene rings is 1. The largest absolute Gasteiger partial charge is 0.354 e. The number of hydrogen-bond acceptors (Lipinski definition) is 4. The van der Waals surface area contributed by atoms with E-state index in [-0.39, 0.29) is 22.6 Å². The molecule has 20 heavy (non-hydrogen) atoms. The van der Waals surface area contributed by atoms with E-state index in [1.165, 1.54) is 6.07 Å². The number of nitrogens with one attached hydrogen (secondary N) is 2. The average Bonchev–Trinajstić information content (AvgIpc) is 2.48. The molecule has 2 N–H and O–H groups in total. The van der Waals surface area contributed by atoms with Gasteiger partial charge < -0.3 is 10.6 Å². The SMILES string of the molecule is O=C(NCCc1ccccc1[N+](=O)[O-])C1CCCCN1. The first-order chi connectivity index (χ1) is 9.68. The first kappa shape index (κ1) is 14.5. The third-order valence-corrected chi connectivity index (χ3v) is 3.51. The summed E-state index contributed by atoms with van der Waals surface area (Å²) in [6.45, 7) is 1.30. The Labute approximate surface area is 117 Å². The summed E-state index contributed by atoms with van der Waals surface area (Å²) in [5, 5.41) is 16.9. The van der Waals surface area contributed by atoms with Crippen molar-refractivity contribution < 1.29 is 9.72 Å². The minimum Gasteiger partial charge on any atom is -0.354 e. The molecule has 1 saturated heterocycles. The number of nitro benzene ring substituents is 1. The molecule has 1 aromatic rings. The molecule has 1 aliphatic heterocycles. The van der Waals surface area contributed by atoms with Crippen molar-refractivity contribution in [3.05, 3.63) is 39.9 Å². The lowest BCUT2D eigenvalue weighted by Gasteiger charge is -2.22. The predicted octanol–water partition coefficient (Wildman–Crippen LogP) is 1.40. The summed E-state index contributed by atoms with van der Waals surface area (Å²) in [7, 11) is 0. The fourth-order valence-electron chi connectivity index (χ4n) is 2.42. The summed E-state index contributed by atoms with van der Waals surface area (Å²) in [4.78, 5) is 22.4. The minimum absolute atomic E-state index is 0.0108. The average molecular weight is 277 g/mol. The highest BCUT2D eigenvalue weighted by Crippen LogP contribution is 2.17. The van der Waals surface area contributed by atoms with Crippen LogP contribution in [0.4, 0.5) is 5.69 Å². The van der Waals surface area contributed by atoms with Gasteiger partial charge in [-0.2, -0.15) is 0 Å². The lowest BCUT2D eigenvalue weighted by atomic mass is 10.0. The Morgan fingerprint density at radius 1 is 1.40 bits per heavy atom. The van der Waals surface area contributed by atoms with Crippen molar-refractivity contribution in [2.45, 2.75) is 31.7 Å². The van der Waals surface area contributed by atoms with E-state index < -0.39 is 0 Å².